The number of hydrogen-bond donors (Lipinski definition) is 3. The lowest BCUT2D eigenvalue weighted by Crippen LogP contribution is -2.33. The number of nitrogens with one attached hydrogen (secondary N) is 1. The predicted octanol–water partition coefficient (Wildman–Crippen LogP) is 1.56. The molecular weight excluding hydrogens is 230 g/mol. The van der Waals surface area contributed by atoms with E-state index in [9.17, 15) is 0 Å². The van der Waals surface area contributed by atoms with Crippen molar-refractivity contribution in [3.05, 3.63) is 0 Å². The smallest absolute Gasteiger partial charge is 0.144 e. The number of amidine groups is 1. The molecule has 0 bridgehead atoms. The molecule has 0 aromatic rings. The lowest BCUT2D eigenvalue weighted by atomic mass is 9.86. The van der Waals surface area contributed by atoms with E-state index in [-0.39, 0.29) is 5.41 Å². The van der Waals surface area contributed by atoms with Gasteiger partial charge in [0.1, 0.15) is 5.84 Å². The second-order valence-corrected chi connectivity index (χ2v) is 5.76. The van der Waals surface area contributed by atoms with Gasteiger partial charge in [-0.1, -0.05) is 19.0 Å². The van der Waals surface area contributed by atoms with Crippen molar-refractivity contribution in [1.29, 1.82) is 0 Å². The maximum Gasteiger partial charge on any atom is 0.144 e. The van der Waals surface area contributed by atoms with E-state index in [0.717, 1.165) is 39.1 Å². The molecule has 1 unspecified atom stereocenters. The van der Waals surface area contributed by atoms with Crippen molar-refractivity contribution < 1.29 is 9.94 Å². The van der Waals surface area contributed by atoms with Gasteiger partial charge in [0.25, 0.3) is 0 Å². The summed E-state index contributed by atoms with van der Waals surface area (Å²) in [5.74, 6) is 0.971. The van der Waals surface area contributed by atoms with Crippen molar-refractivity contribution >= 4 is 5.84 Å². The summed E-state index contributed by atoms with van der Waals surface area (Å²) in [6, 6.07) is 0. The molecule has 1 aliphatic rings. The van der Waals surface area contributed by atoms with Crippen LogP contribution in [0.3, 0.4) is 0 Å². The van der Waals surface area contributed by atoms with E-state index in [1.807, 2.05) is 13.8 Å². The van der Waals surface area contributed by atoms with Crippen molar-refractivity contribution in [3.63, 3.8) is 0 Å². The molecular formula is C13H27N3O2. The first-order valence-electron chi connectivity index (χ1n) is 6.83. The van der Waals surface area contributed by atoms with Crippen LogP contribution in [0.1, 0.15) is 39.5 Å². The Hall–Kier alpha value is -0.810. The Morgan fingerprint density at radius 2 is 2.33 bits per heavy atom. The van der Waals surface area contributed by atoms with E-state index in [2.05, 4.69) is 10.5 Å². The third-order valence-electron chi connectivity index (χ3n) is 3.64. The Morgan fingerprint density at radius 3 is 2.94 bits per heavy atom. The van der Waals surface area contributed by atoms with Gasteiger partial charge < -0.3 is 21.0 Å². The minimum atomic E-state index is -0.232. The molecule has 1 aliphatic heterocycles. The number of nitrogens with zero attached hydrogens (tertiary/aromatic N) is 1. The zero-order valence-corrected chi connectivity index (χ0v) is 11.6. The van der Waals surface area contributed by atoms with Gasteiger partial charge in [0.2, 0.25) is 0 Å². The van der Waals surface area contributed by atoms with Gasteiger partial charge >= 0.3 is 0 Å². The van der Waals surface area contributed by atoms with Gasteiger partial charge in [0, 0.05) is 18.6 Å². The minimum Gasteiger partial charge on any atom is -0.409 e. The lowest BCUT2D eigenvalue weighted by molar-refractivity contribution is 0.0548. The zero-order chi connectivity index (χ0) is 13.4. The molecule has 0 saturated carbocycles. The molecule has 0 amide bonds. The first-order chi connectivity index (χ1) is 8.56. The van der Waals surface area contributed by atoms with Crippen molar-refractivity contribution in [2.75, 3.05) is 26.3 Å². The first-order valence-corrected chi connectivity index (χ1v) is 6.83. The van der Waals surface area contributed by atoms with Crippen molar-refractivity contribution in [2.24, 2.45) is 22.2 Å². The Labute approximate surface area is 110 Å². The molecule has 18 heavy (non-hydrogen) atoms. The average molecular weight is 257 g/mol. The number of oxime groups is 1. The highest BCUT2D eigenvalue weighted by atomic mass is 16.5. The van der Waals surface area contributed by atoms with Crippen LogP contribution in [0.4, 0.5) is 0 Å². The Morgan fingerprint density at radius 1 is 1.56 bits per heavy atom. The normalized spacial score (nSPS) is 22.1. The minimum absolute atomic E-state index is 0.232. The predicted molar refractivity (Wildman–Crippen MR) is 72.8 cm³/mol. The van der Waals surface area contributed by atoms with E-state index in [0.29, 0.717) is 11.8 Å². The molecule has 1 rings (SSSR count). The van der Waals surface area contributed by atoms with Crippen LogP contribution < -0.4 is 11.1 Å². The summed E-state index contributed by atoms with van der Waals surface area (Å²) >= 11 is 0. The fraction of sp³-hybridized carbons (Fsp3) is 0.923. The highest BCUT2D eigenvalue weighted by Crippen LogP contribution is 2.22. The van der Waals surface area contributed by atoms with Crippen LogP contribution in [0.15, 0.2) is 5.16 Å². The van der Waals surface area contributed by atoms with E-state index in [1.54, 1.807) is 0 Å². The third kappa shape index (κ3) is 5.23. The quantitative estimate of drug-likeness (QED) is 0.212. The lowest BCUT2D eigenvalue weighted by Gasteiger charge is -2.24. The first kappa shape index (κ1) is 15.2. The highest BCUT2D eigenvalue weighted by molar-refractivity contribution is 5.85. The second-order valence-electron chi connectivity index (χ2n) is 5.76. The van der Waals surface area contributed by atoms with Crippen LogP contribution in [0.25, 0.3) is 0 Å². The maximum absolute atomic E-state index is 8.68. The van der Waals surface area contributed by atoms with Gasteiger partial charge in [-0.05, 0) is 38.1 Å². The second kappa shape index (κ2) is 7.59. The summed E-state index contributed by atoms with van der Waals surface area (Å²) in [6.45, 7) is 7.81. The summed E-state index contributed by atoms with van der Waals surface area (Å²) in [4.78, 5) is 0. The number of hydrogen-bond acceptors (Lipinski definition) is 4. The zero-order valence-electron chi connectivity index (χ0n) is 11.6. The van der Waals surface area contributed by atoms with E-state index in [4.69, 9.17) is 15.7 Å². The summed E-state index contributed by atoms with van der Waals surface area (Å²) in [5, 5.41) is 15.2. The van der Waals surface area contributed by atoms with Gasteiger partial charge in [0.05, 0.1) is 6.61 Å². The van der Waals surface area contributed by atoms with Gasteiger partial charge in [-0.25, -0.2) is 0 Å². The molecule has 0 aliphatic carbocycles. The molecule has 1 heterocycles. The number of rotatable bonds is 7. The molecule has 106 valence electrons. The van der Waals surface area contributed by atoms with E-state index >= 15 is 0 Å². The molecule has 5 heteroatoms. The highest BCUT2D eigenvalue weighted by Gasteiger charge is 2.22. The summed E-state index contributed by atoms with van der Waals surface area (Å²) in [6.07, 6.45) is 4.39. The molecule has 0 aromatic carbocycles. The maximum atomic E-state index is 8.68. The third-order valence-corrected chi connectivity index (χ3v) is 3.64. The molecule has 0 radical (unpaired) electrons. The topological polar surface area (TPSA) is 79.9 Å². The van der Waals surface area contributed by atoms with Crippen molar-refractivity contribution in [3.8, 4) is 0 Å². The molecule has 0 spiro atoms. The Kier molecular flexibility index (Phi) is 6.43. The monoisotopic (exact) mass is 257 g/mol. The molecule has 0 aromatic heterocycles. The van der Waals surface area contributed by atoms with E-state index < -0.39 is 0 Å². The van der Waals surface area contributed by atoms with Gasteiger partial charge in [-0.2, -0.15) is 0 Å². The fourth-order valence-electron chi connectivity index (χ4n) is 2.19. The standard InChI is InChI=1S/C13H27N3O2/c1-13(2,12(14)16-17)6-4-7-15-9-11-5-3-8-18-10-11/h11,15,17H,3-10H2,1-2H3,(H2,14,16). The summed E-state index contributed by atoms with van der Waals surface area (Å²) < 4.78 is 5.44. The van der Waals surface area contributed by atoms with Crippen molar-refractivity contribution in [2.45, 2.75) is 39.5 Å². The van der Waals surface area contributed by atoms with Crippen LogP contribution >= 0.6 is 0 Å². The summed E-state index contributed by atoms with van der Waals surface area (Å²) in [5.41, 5.74) is 5.41. The Balaban J connectivity index is 2.07. The van der Waals surface area contributed by atoms with Crippen LogP contribution in [0.2, 0.25) is 0 Å². The Bertz CT molecular complexity index is 261. The molecule has 1 fully saturated rings. The summed E-state index contributed by atoms with van der Waals surface area (Å²) in [7, 11) is 0. The molecule has 5 nitrogen and oxygen atoms in total. The van der Waals surface area contributed by atoms with Crippen molar-refractivity contribution in [1.82, 2.24) is 5.32 Å². The number of ether oxygens (including phenoxy) is 1. The largest absolute Gasteiger partial charge is 0.409 e. The number of nitrogens with two attached hydrogens (primary N) is 1. The van der Waals surface area contributed by atoms with Crippen LogP contribution in [0, 0.1) is 11.3 Å². The van der Waals surface area contributed by atoms with Gasteiger partial charge in [-0.3, -0.25) is 0 Å². The average Bonchev–Trinajstić information content (AvgIpc) is 2.38. The van der Waals surface area contributed by atoms with Crippen LogP contribution in [-0.4, -0.2) is 37.3 Å². The van der Waals surface area contributed by atoms with Gasteiger partial charge in [-0.15, -0.1) is 0 Å². The fourth-order valence-corrected chi connectivity index (χ4v) is 2.19. The molecule has 1 saturated heterocycles. The van der Waals surface area contributed by atoms with Crippen LogP contribution in [0.5, 0.6) is 0 Å². The van der Waals surface area contributed by atoms with Gasteiger partial charge in [0.15, 0.2) is 0 Å². The van der Waals surface area contributed by atoms with E-state index in [1.165, 1.54) is 12.8 Å². The molecule has 1 atom stereocenters. The van der Waals surface area contributed by atoms with Crippen LogP contribution in [-0.2, 0) is 4.74 Å². The SMILES string of the molecule is CC(C)(CCCNCC1CCCOC1)C(N)=NO. The molecule has 4 N–H and O–H groups in total.